The maximum Gasteiger partial charge on any atom is 1.00 e. The van der Waals surface area contributed by atoms with Crippen molar-refractivity contribution in [3.8, 4) is 0 Å². The molecule has 0 unspecified atom stereocenters. The van der Waals surface area contributed by atoms with Crippen molar-refractivity contribution in [2.45, 2.75) is 7.43 Å². The van der Waals surface area contributed by atoms with Crippen LogP contribution in [0, 0.1) is 0 Å². The van der Waals surface area contributed by atoms with Gasteiger partial charge in [-0.25, -0.2) is 0 Å². The van der Waals surface area contributed by atoms with Crippen molar-refractivity contribution in [1.29, 1.82) is 0 Å². The predicted molar refractivity (Wildman–Crippen MR) is 17.6 cm³/mol. The molecule has 0 rings (SSSR count). The molecule has 0 aliphatic rings. The van der Waals surface area contributed by atoms with Gasteiger partial charge in [0.1, 0.15) is 0 Å². The van der Waals surface area contributed by atoms with Crippen LogP contribution in [0.15, 0.2) is 0 Å². The minimum absolute atomic E-state index is 0. The van der Waals surface area contributed by atoms with Crippen LogP contribution in [0.4, 0.5) is 0 Å². The second-order valence-corrected chi connectivity index (χ2v) is 2.55. The smallest absolute Gasteiger partial charge is 1.00 e. The third-order valence-electron chi connectivity index (χ3n) is 0. The average molecular weight is 180 g/mol. The van der Waals surface area contributed by atoms with Gasteiger partial charge in [-0.3, -0.25) is 0 Å². The first kappa shape index (κ1) is 15.7. The largest absolute Gasteiger partial charge is 1.00 e. The van der Waals surface area contributed by atoms with Gasteiger partial charge in [-0.15, -0.1) is 0 Å². The Bertz CT molecular complexity index is 57.8. The van der Waals surface area contributed by atoms with E-state index >= 15 is 0 Å². The van der Waals surface area contributed by atoms with E-state index in [1.165, 1.54) is 0 Å². The van der Waals surface area contributed by atoms with Gasteiger partial charge in [0.2, 0.25) is 0 Å². The molecule has 0 saturated heterocycles. The van der Waals surface area contributed by atoms with Crippen molar-refractivity contribution < 1.29 is 45.6 Å². The summed E-state index contributed by atoms with van der Waals surface area (Å²) in [6.45, 7) is 0. The van der Waals surface area contributed by atoms with Gasteiger partial charge in [-0.1, -0.05) is 7.43 Å². The minimum Gasteiger partial charge on any atom is 1.00 e. The normalized spacial score (nSPS) is 8.43. The van der Waals surface area contributed by atoms with Crippen LogP contribution in [-0.4, -0.2) is 22.7 Å². The summed E-state index contributed by atoms with van der Waals surface area (Å²) in [5.74, 6) is 0. The third-order valence-corrected chi connectivity index (χ3v) is 0. The van der Waals surface area contributed by atoms with Crippen LogP contribution in [0.2, 0.25) is 0 Å². The molecular formula is CH6AsNaO4. The molecule has 0 heterocycles. The third kappa shape index (κ3) is 130. The molecule has 0 aromatic heterocycles. The molecule has 0 bridgehead atoms. The first-order chi connectivity index (χ1) is 2.00. The van der Waals surface area contributed by atoms with Crippen molar-refractivity contribution in [3.05, 3.63) is 0 Å². The topological polar surface area (TPSA) is 80.6 Å². The molecule has 0 radical (unpaired) electrons. The molecule has 0 aromatic rings. The molecular weight excluding hydrogens is 174 g/mol. The van der Waals surface area contributed by atoms with Gasteiger partial charge >= 0.3 is 60.1 Å². The fourth-order valence-electron chi connectivity index (χ4n) is 0. The second kappa shape index (κ2) is 5.38. The van der Waals surface area contributed by atoms with E-state index in [0.717, 1.165) is 0 Å². The average Bonchev–Trinajstić information content (AvgIpc) is 0.722. The molecule has 0 atom stereocenters. The molecule has 0 amide bonds. The molecule has 0 aliphatic heterocycles. The Kier molecular flexibility index (Phi) is 12.1. The van der Waals surface area contributed by atoms with E-state index in [1.807, 2.05) is 0 Å². The van der Waals surface area contributed by atoms with Crippen LogP contribution in [0.3, 0.4) is 0 Å². The van der Waals surface area contributed by atoms with E-state index in [0.29, 0.717) is 0 Å². The van der Waals surface area contributed by atoms with Crippen molar-refractivity contribution in [2.75, 3.05) is 0 Å². The molecule has 4 nitrogen and oxygen atoms in total. The van der Waals surface area contributed by atoms with Crippen LogP contribution in [0.5, 0.6) is 0 Å². The molecule has 6 heteroatoms. The maximum absolute atomic E-state index is 8.83. The summed E-state index contributed by atoms with van der Waals surface area (Å²) >= 11 is -5.38. The van der Waals surface area contributed by atoms with Crippen LogP contribution < -0.4 is 33.7 Å². The summed E-state index contributed by atoms with van der Waals surface area (Å²) in [4.78, 5) is 0. The van der Waals surface area contributed by atoms with Gasteiger partial charge in [0, 0.05) is 0 Å². The zero-order valence-electron chi connectivity index (χ0n) is 3.16. The van der Waals surface area contributed by atoms with Crippen molar-refractivity contribution in [3.63, 3.8) is 0 Å². The molecule has 0 aliphatic carbocycles. The Morgan fingerprint density at radius 3 is 1.43 bits per heavy atom. The Hall–Kier alpha value is 1.24. The van der Waals surface area contributed by atoms with E-state index in [1.54, 1.807) is 0 Å². The summed E-state index contributed by atoms with van der Waals surface area (Å²) in [5, 5.41) is 0. The molecule has 0 aromatic carbocycles. The van der Waals surface area contributed by atoms with Gasteiger partial charge in [0.25, 0.3) is 0 Å². The van der Waals surface area contributed by atoms with Crippen LogP contribution in [0.25, 0.3) is 0 Å². The predicted octanol–water partition coefficient (Wildman–Crippen LogP) is -5.16. The molecule has 0 spiro atoms. The monoisotopic (exact) mass is 180 g/mol. The van der Waals surface area contributed by atoms with Gasteiger partial charge in [-0.05, 0) is 0 Å². The zero-order chi connectivity index (χ0) is 4.50. The van der Waals surface area contributed by atoms with E-state index < -0.39 is 14.5 Å². The zero-order valence-corrected chi connectivity index (χ0v) is 7.03. The Balaban J connectivity index is -0.0000000800. The number of hydrogen-bond donors (Lipinski definition) is 2. The van der Waals surface area contributed by atoms with Crippen molar-refractivity contribution in [1.82, 2.24) is 0 Å². The fraction of sp³-hybridized carbons (Fsp3) is 1.00. The van der Waals surface area contributed by atoms with E-state index in [4.69, 9.17) is 16.0 Å². The SMILES string of the molecule is C.O=[As]([O-])(O)O.[Na+]. The first-order valence-corrected chi connectivity index (χ1v) is 3.98. The molecule has 7 heavy (non-hydrogen) atoms. The van der Waals surface area contributed by atoms with Crippen LogP contribution in [0.1, 0.15) is 7.43 Å². The molecule has 2 N–H and O–H groups in total. The molecule has 0 fully saturated rings. The van der Waals surface area contributed by atoms with Gasteiger partial charge < -0.3 is 0 Å². The Morgan fingerprint density at radius 1 is 1.43 bits per heavy atom. The van der Waals surface area contributed by atoms with Gasteiger partial charge in [-0.2, -0.15) is 0 Å². The minimum atomic E-state index is -5.38. The van der Waals surface area contributed by atoms with Crippen molar-refractivity contribution >= 4 is 14.5 Å². The van der Waals surface area contributed by atoms with E-state index in [2.05, 4.69) is 0 Å². The van der Waals surface area contributed by atoms with E-state index in [9.17, 15) is 0 Å². The summed E-state index contributed by atoms with van der Waals surface area (Å²) in [6, 6.07) is 0. The maximum atomic E-state index is 8.83. The number of rotatable bonds is 0. The Morgan fingerprint density at radius 2 is 1.43 bits per heavy atom. The second-order valence-electron chi connectivity index (χ2n) is 0.491. The first-order valence-electron chi connectivity index (χ1n) is 0.765. The Labute approximate surface area is 67.2 Å². The van der Waals surface area contributed by atoms with E-state index in [-0.39, 0.29) is 37.0 Å². The summed E-state index contributed by atoms with van der Waals surface area (Å²) in [6.07, 6.45) is 0. The molecule has 0 saturated carbocycles. The quantitative estimate of drug-likeness (QED) is 0.365. The summed E-state index contributed by atoms with van der Waals surface area (Å²) in [7, 11) is 0. The number of hydrogen-bond acceptors (Lipinski definition) is 2. The standard InChI is InChI=1S/CH4.AsH3O4.Na/c;2-1(3,4)5;/h1H4;(H3,2,3,4,5);/q;;+1/p-1. The summed E-state index contributed by atoms with van der Waals surface area (Å²) < 4.78 is 31.9. The van der Waals surface area contributed by atoms with Gasteiger partial charge in [0.05, 0.1) is 0 Å². The van der Waals surface area contributed by atoms with Crippen molar-refractivity contribution in [2.24, 2.45) is 0 Å². The fourth-order valence-corrected chi connectivity index (χ4v) is 0. The molecule has 40 valence electrons. The van der Waals surface area contributed by atoms with Gasteiger partial charge in [0.15, 0.2) is 0 Å². The summed E-state index contributed by atoms with van der Waals surface area (Å²) in [5.41, 5.74) is 0. The van der Waals surface area contributed by atoms with Crippen LogP contribution in [-0.2, 0) is 3.74 Å². The van der Waals surface area contributed by atoms with Crippen LogP contribution >= 0.6 is 0 Å².